The van der Waals surface area contributed by atoms with E-state index in [-0.39, 0.29) is 25.0 Å². The Balaban J connectivity index is 2.18. The van der Waals surface area contributed by atoms with Crippen molar-refractivity contribution in [1.29, 1.82) is 0 Å². The number of amides is 2. The smallest absolute Gasteiger partial charge is 0.255 e. The Morgan fingerprint density at radius 1 is 1.27 bits per heavy atom. The van der Waals surface area contributed by atoms with Gasteiger partial charge in [-0.25, -0.2) is 0 Å². The van der Waals surface area contributed by atoms with Gasteiger partial charge in [-0.2, -0.15) is 0 Å². The lowest BCUT2D eigenvalue weighted by molar-refractivity contribution is -0.158. The molecule has 1 saturated heterocycles. The second kappa shape index (κ2) is 6.53. The Morgan fingerprint density at radius 3 is 2.53 bits per heavy atom. The van der Waals surface area contributed by atoms with E-state index >= 15 is 0 Å². The molecule has 86 valence electrons. The third kappa shape index (κ3) is 3.97. The van der Waals surface area contributed by atoms with Crippen LogP contribution < -0.4 is 5.32 Å². The first-order valence-corrected chi connectivity index (χ1v) is 5.37. The number of rotatable bonds is 6. The predicted molar refractivity (Wildman–Crippen MR) is 55.3 cm³/mol. The molecule has 1 aliphatic rings. The number of morpholine rings is 1. The molecule has 0 radical (unpaired) electrons. The van der Waals surface area contributed by atoms with Gasteiger partial charge in [-0.15, -0.1) is 0 Å². The molecule has 5 heteroatoms. The maximum absolute atomic E-state index is 11.3. The molecular formula is C10H18N2O3. The van der Waals surface area contributed by atoms with E-state index in [4.69, 9.17) is 4.74 Å². The van der Waals surface area contributed by atoms with Crippen LogP contribution in [0, 0.1) is 0 Å². The van der Waals surface area contributed by atoms with Gasteiger partial charge in [0.15, 0.2) is 0 Å². The van der Waals surface area contributed by atoms with Gasteiger partial charge in [-0.05, 0) is 25.9 Å². The van der Waals surface area contributed by atoms with Crippen LogP contribution in [0.15, 0.2) is 0 Å². The summed E-state index contributed by atoms with van der Waals surface area (Å²) in [6, 6.07) is 0. The molecule has 0 aromatic carbocycles. The number of nitrogens with one attached hydrogen (secondary N) is 1. The third-order valence-corrected chi connectivity index (χ3v) is 2.22. The van der Waals surface area contributed by atoms with E-state index in [0.717, 1.165) is 25.9 Å². The minimum Gasteiger partial charge on any atom is -0.362 e. The quantitative estimate of drug-likeness (QED) is 0.490. The fourth-order valence-electron chi connectivity index (χ4n) is 1.43. The third-order valence-electron chi connectivity index (χ3n) is 2.22. The highest BCUT2D eigenvalue weighted by atomic mass is 16.5. The number of imide groups is 1. The fourth-order valence-corrected chi connectivity index (χ4v) is 1.43. The molecule has 1 heterocycles. The van der Waals surface area contributed by atoms with E-state index in [0.29, 0.717) is 6.54 Å². The monoisotopic (exact) mass is 214 g/mol. The molecule has 0 aromatic heterocycles. The lowest BCUT2D eigenvalue weighted by atomic mass is 10.3. The van der Waals surface area contributed by atoms with Crippen molar-refractivity contribution in [2.24, 2.45) is 0 Å². The van der Waals surface area contributed by atoms with Crippen molar-refractivity contribution in [2.45, 2.75) is 19.8 Å². The molecule has 0 aromatic rings. The van der Waals surface area contributed by atoms with Crippen molar-refractivity contribution in [1.82, 2.24) is 10.2 Å². The number of hydrogen-bond acceptors (Lipinski definition) is 4. The van der Waals surface area contributed by atoms with E-state index in [9.17, 15) is 9.59 Å². The first-order chi connectivity index (χ1) is 7.25. The minimum absolute atomic E-state index is 0.0358. The maximum Gasteiger partial charge on any atom is 0.255 e. The molecule has 1 fully saturated rings. The van der Waals surface area contributed by atoms with Gasteiger partial charge in [0.2, 0.25) is 0 Å². The molecule has 1 N–H and O–H groups in total. The Kier molecular flexibility index (Phi) is 5.28. The van der Waals surface area contributed by atoms with Crippen molar-refractivity contribution in [3.8, 4) is 0 Å². The van der Waals surface area contributed by atoms with Gasteiger partial charge in [0.25, 0.3) is 11.8 Å². The number of carbonyl (C=O) groups is 2. The Morgan fingerprint density at radius 2 is 1.93 bits per heavy atom. The maximum atomic E-state index is 11.3. The van der Waals surface area contributed by atoms with Crippen molar-refractivity contribution in [3.05, 3.63) is 0 Å². The summed E-state index contributed by atoms with van der Waals surface area (Å²) in [4.78, 5) is 23.9. The largest absolute Gasteiger partial charge is 0.362 e. The van der Waals surface area contributed by atoms with Crippen molar-refractivity contribution < 1.29 is 14.3 Å². The molecule has 2 amide bonds. The van der Waals surface area contributed by atoms with Gasteiger partial charge in [-0.3, -0.25) is 14.5 Å². The minimum atomic E-state index is -0.221. The molecule has 1 aliphatic heterocycles. The molecule has 0 unspecified atom stereocenters. The SMILES string of the molecule is CCCNCCCN1C(=O)COCC1=O. The first kappa shape index (κ1) is 12.1. The number of hydrogen-bond donors (Lipinski definition) is 1. The average molecular weight is 214 g/mol. The zero-order valence-electron chi connectivity index (χ0n) is 9.12. The topological polar surface area (TPSA) is 58.6 Å². The van der Waals surface area contributed by atoms with Gasteiger partial charge in [0.1, 0.15) is 13.2 Å². The number of nitrogens with zero attached hydrogens (tertiary/aromatic N) is 1. The highest BCUT2D eigenvalue weighted by Gasteiger charge is 2.25. The van der Waals surface area contributed by atoms with Crippen LogP contribution in [0.25, 0.3) is 0 Å². The average Bonchev–Trinajstić information content (AvgIpc) is 2.21. The zero-order chi connectivity index (χ0) is 11.1. The second-order valence-electron chi connectivity index (χ2n) is 3.54. The van der Waals surface area contributed by atoms with Gasteiger partial charge < -0.3 is 10.1 Å². The van der Waals surface area contributed by atoms with Crippen LogP contribution in [-0.2, 0) is 14.3 Å². The van der Waals surface area contributed by atoms with E-state index in [1.54, 1.807) is 0 Å². The zero-order valence-corrected chi connectivity index (χ0v) is 9.12. The van der Waals surface area contributed by atoms with Gasteiger partial charge in [-0.1, -0.05) is 6.92 Å². The van der Waals surface area contributed by atoms with E-state index < -0.39 is 0 Å². The molecule has 0 aliphatic carbocycles. The summed E-state index contributed by atoms with van der Waals surface area (Å²) in [5.74, 6) is -0.441. The molecule has 0 spiro atoms. The highest BCUT2D eigenvalue weighted by Crippen LogP contribution is 2.01. The Bertz CT molecular complexity index is 215. The Labute approximate surface area is 89.8 Å². The Hall–Kier alpha value is -0.940. The molecular weight excluding hydrogens is 196 g/mol. The van der Waals surface area contributed by atoms with E-state index in [2.05, 4.69) is 12.2 Å². The molecule has 15 heavy (non-hydrogen) atoms. The summed E-state index contributed by atoms with van der Waals surface area (Å²) in [5, 5.41) is 3.22. The number of ether oxygens (including phenoxy) is 1. The van der Waals surface area contributed by atoms with Crippen LogP contribution >= 0.6 is 0 Å². The van der Waals surface area contributed by atoms with Crippen molar-refractivity contribution >= 4 is 11.8 Å². The summed E-state index contributed by atoms with van der Waals surface area (Å²) in [6.45, 7) is 4.48. The molecule has 0 atom stereocenters. The van der Waals surface area contributed by atoms with Crippen LogP contribution in [0.3, 0.4) is 0 Å². The van der Waals surface area contributed by atoms with Crippen LogP contribution in [0.5, 0.6) is 0 Å². The summed E-state index contributed by atoms with van der Waals surface area (Å²) in [7, 11) is 0. The predicted octanol–water partition coefficient (Wildman–Crippen LogP) is -0.238. The molecule has 5 nitrogen and oxygen atoms in total. The van der Waals surface area contributed by atoms with E-state index in [1.807, 2.05) is 0 Å². The standard InChI is InChI=1S/C10H18N2O3/c1-2-4-11-5-3-6-12-9(13)7-15-8-10(12)14/h11H,2-8H2,1H3. The normalized spacial score (nSPS) is 17.3. The van der Waals surface area contributed by atoms with Crippen LogP contribution in [0.2, 0.25) is 0 Å². The van der Waals surface area contributed by atoms with Crippen LogP contribution in [0.1, 0.15) is 19.8 Å². The summed E-state index contributed by atoms with van der Waals surface area (Å²) in [5.41, 5.74) is 0. The van der Waals surface area contributed by atoms with E-state index in [1.165, 1.54) is 4.90 Å². The lowest BCUT2D eigenvalue weighted by Gasteiger charge is -2.24. The molecule has 0 saturated carbocycles. The summed E-state index contributed by atoms with van der Waals surface area (Å²) >= 11 is 0. The van der Waals surface area contributed by atoms with Crippen molar-refractivity contribution in [2.75, 3.05) is 32.8 Å². The van der Waals surface area contributed by atoms with Gasteiger partial charge in [0.05, 0.1) is 0 Å². The van der Waals surface area contributed by atoms with Crippen molar-refractivity contribution in [3.63, 3.8) is 0 Å². The summed E-state index contributed by atoms with van der Waals surface area (Å²) in [6.07, 6.45) is 1.90. The summed E-state index contributed by atoms with van der Waals surface area (Å²) < 4.78 is 4.81. The first-order valence-electron chi connectivity index (χ1n) is 5.37. The van der Waals surface area contributed by atoms with Gasteiger partial charge >= 0.3 is 0 Å². The second-order valence-corrected chi connectivity index (χ2v) is 3.54. The fraction of sp³-hybridized carbons (Fsp3) is 0.800. The van der Waals surface area contributed by atoms with Crippen LogP contribution in [-0.4, -0.2) is 49.6 Å². The molecule has 1 rings (SSSR count). The number of carbonyl (C=O) groups excluding carboxylic acids is 2. The molecule has 0 bridgehead atoms. The van der Waals surface area contributed by atoms with Crippen LogP contribution in [0.4, 0.5) is 0 Å². The highest BCUT2D eigenvalue weighted by molar-refractivity contribution is 5.98. The lowest BCUT2D eigenvalue weighted by Crippen LogP contribution is -2.46. The van der Waals surface area contributed by atoms with Gasteiger partial charge in [0, 0.05) is 6.54 Å².